The Morgan fingerprint density at radius 2 is 1.00 bits per heavy atom. The van der Waals surface area contributed by atoms with Crippen molar-refractivity contribution in [1.82, 2.24) is 0 Å². The molecule has 0 heterocycles. The Balaban J connectivity index is 1.70. The van der Waals surface area contributed by atoms with Crippen molar-refractivity contribution in [2.45, 2.75) is 13.8 Å². The number of esters is 2. The van der Waals surface area contributed by atoms with Gasteiger partial charge in [-0.2, -0.15) is 0 Å². The highest BCUT2D eigenvalue weighted by atomic mass is 16.5. The number of carbonyl (C=O) groups excluding carboxylic acids is 2. The summed E-state index contributed by atoms with van der Waals surface area (Å²) < 4.78 is 10.4. The molecule has 0 spiro atoms. The number of hydrogen-bond acceptors (Lipinski definition) is 5. The van der Waals surface area contributed by atoms with E-state index in [1.807, 2.05) is 24.3 Å². The highest BCUT2D eigenvalue weighted by Crippen LogP contribution is 2.37. The molecule has 0 fully saturated rings. The van der Waals surface area contributed by atoms with Crippen LogP contribution in [0.1, 0.15) is 11.1 Å². The predicted octanol–water partition coefficient (Wildman–Crippen LogP) is 7.62. The van der Waals surface area contributed by atoms with Crippen LogP contribution in [0.15, 0.2) is 116 Å². The van der Waals surface area contributed by atoms with E-state index in [0.717, 1.165) is 40.3 Å². The van der Waals surface area contributed by atoms with Gasteiger partial charge in [-0.05, 0) is 96.8 Å². The highest BCUT2D eigenvalue weighted by molar-refractivity contribution is 5.84. The van der Waals surface area contributed by atoms with Crippen LogP contribution in [-0.2, 0) is 9.59 Å². The van der Waals surface area contributed by atoms with Gasteiger partial charge in [0.05, 0.1) is 0 Å². The molecule has 4 aromatic rings. The topological polar surface area (TPSA) is 55.8 Å². The van der Waals surface area contributed by atoms with Gasteiger partial charge in [0.2, 0.25) is 0 Å². The number of carbonyl (C=O) groups is 2. The Morgan fingerprint density at radius 3 is 1.41 bits per heavy atom. The molecule has 0 aliphatic rings. The number of anilines is 3. The number of nitrogens with zero attached hydrogens (tertiary/aromatic N) is 1. The zero-order chi connectivity index (χ0) is 26.4. The van der Waals surface area contributed by atoms with Gasteiger partial charge in [0, 0.05) is 29.2 Å². The van der Waals surface area contributed by atoms with Crippen LogP contribution < -0.4 is 14.4 Å². The quantitative estimate of drug-likeness (QED) is 0.145. The first-order chi connectivity index (χ1) is 17.9. The molecule has 0 saturated carbocycles. The van der Waals surface area contributed by atoms with E-state index in [2.05, 4.69) is 74.4 Å². The molecule has 184 valence electrons. The van der Waals surface area contributed by atoms with Crippen LogP contribution in [0, 0.1) is 13.8 Å². The van der Waals surface area contributed by atoms with Gasteiger partial charge in [-0.25, -0.2) is 9.59 Å². The lowest BCUT2D eigenvalue weighted by Crippen LogP contribution is -2.10. The molecule has 0 radical (unpaired) electrons. The molecule has 5 heteroatoms. The van der Waals surface area contributed by atoms with E-state index >= 15 is 0 Å². The molecule has 0 unspecified atom stereocenters. The Labute approximate surface area is 216 Å². The highest BCUT2D eigenvalue weighted by Gasteiger charge is 2.14. The summed E-state index contributed by atoms with van der Waals surface area (Å²) in [5.41, 5.74) is 7.42. The predicted molar refractivity (Wildman–Crippen MR) is 148 cm³/mol. The lowest BCUT2D eigenvalue weighted by Gasteiger charge is -2.26. The van der Waals surface area contributed by atoms with E-state index in [1.165, 1.54) is 11.1 Å². The summed E-state index contributed by atoms with van der Waals surface area (Å²) in [7, 11) is 0. The molecule has 0 N–H and O–H groups in total. The summed E-state index contributed by atoms with van der Waals surface area (Å²) in [6.45, 7) is 11.1. The van der Waals surface area contributed by atoms with Crippen LogP contribution in [-0.4, -0.2) is 11.9 Å². The molecule has 0 aromatic heterocycles. The Kier molecular flexibility index (Phi) is 7.65. The van der Waals surface area contributed by atoms with E-state index in [1.54, 1.807) is 24.3 Å². The molecular weight excluding hydrogens is 462 g/mol. The van der Waals surface area contributed by atoms with Crippen LogP contribution in [0.3, 0.4) is 0 Å². The maximum atomic E-state index is 11.6. The standard InChI is InChI=1S/C32H27NO4/c1-5-31(34)36-29-17-13-27(14-18-29)33(28-15-19-30(20-16-28)37-32(35)6-2)26-11-9-24(10-12-26)25-8-7-22(3)23(4)21-25/h5-21H,1-2H2,3-4H3. The maximum Gasteiger partial charge on any atom is 0.335 e. The molecular formula is C32H27NO4. The Hall–Kier alpha value is -4.90. The van der Waals surface area contributed by atoms with E-state index in [9.17, 15) is 9.59 Å². The fraction of sp³-hybridized carbons (Fsp3) is 0.0625. The number of aryl methyl sites for hydroxylation is 2. The third kappa shape index (κ3) is 6.03. The second-order valence-electron chi connectivity index (χ2n) is 8.42. The lowest BCUT2D eigenvalue weighted by atomic mass is 10.00. The number of ether oxygens (including phenoxy) is 2. The van der Waals surface area contributed by atoms with Crippen molar-refractivity contribution in [3.8, 4) is 22.6 Å². The summed E-state index contributed by atoms with van der Waals surface area (Å²) >= 11 is 0. The largest absolute Gasteiger partial charge is 0.423 e. The van der Waals surface area contributed by atoms with Gasteiger partial charge in [-0.3, -0.25) is 0 Å². The third-order valence-corrected chi connectivity index (χ3v) is 5.93. The second kappa shape index (κ2) is 11.2. The van der Waals surface area contributed by atoms with Crippen LogP contribution in [0.2, 0.25) is 0 Å². The normalized spacial score (nSPS) is 10.3. The van der Waals surface area contributed by atoms with Crippen LogP contribution in [0.4, 0.5) is 17.1 Å². The van der Waals surface area contributed by atoms with Gasteiger partial charge in [0.1, 0.15) is 11.5 Å². The van der Waals surface area contributed by atoms with Crippen molar-refractivity contribution in [2.24, 2.45) is 0 Å². The van der Waals surface area contributed by atoms with E-state index in [0.29, 0.717) is 11.5 Å². The SMILES string of the molecule is C=CC(=O)Oc1ccc(N(c2ccc(OC(=O)C=C)cc2)c2ccc(-c3ccc(C)c(C)c3)cc2)cc1. The fourth-order valence-corrected chi connectivity index (χ4v) is 3.81. The number of rotatable bonds is 8. The van der Waals surface area contributed by atoms with Gasteiger partial charge < -0.3 is 14.4 Å². The molecule has 37 heavy (non-hydrogen) atoms. The molecule has 4 rings (SSSR count). The summed E-state index contributed by atoms with van der Waals surface area (Å²) in [6, 6.07) is 29.1. The molecule has 0 bridgehead atoms. The second-order valence-corrected chi connectivity index (χ2v) is 8.42. The fourth-order valence-electron chi connectivity index (χ4n) is 3.81. The molecule has 5 nitrogen and oxygen atoms in total. The molecule has 0 aliphatic heterocycles. The number of benzene rings is 4. The summed E-state index contributed by atoms with van der Waals surface area (Å²) in [5.74, 6) is -0.192. The minimum absolute atomic E-state index is 0.422. The van der Waals surface area contributed by atoms with Crippen LogP contribution in [0.5, 0.6) is 11.5 Å². The molecule has 4 aromatic carbocycles. The zero-order valence-electron chi connectivity index (χ0n) is 20.8. The van der Waals surface area contributed by atoms with Crippen LogP contribution >= 0.6 is 0 Å². The molecule has 0 aliphatic carbocycles. The Bertz CT molecular complexity index is 1370. The van der Waals surface area contributed by atoms with E-state index in [4.69, 9.17) is 9.47 Å². The number of hydrogen-bond donors (Lipinski definition) is 0. The van der Waals surface area contributed by atoms with Gasteiger partial charge in [0.15, 0.2) is 0 Å². The third-order valence-electron chi connectivity index (χ3n) is 5.93. The minimum atomic E-state index is -0.517. The van der Waals surface area contributed by atoms with Gasteiger partial charge in [-0.15, -0.1) is 0 Å². The van der Waals surface area contributed by atoms with Crippen molar-refractivity contribution in [3.05, 3.63) is 127 Å². The molecule has 0 amide bonds. The maximum absolute atomic E-state index is 11.6. The van der Waals surface area contributed by atoms with Crippen molar-refractivity contribution < 1.29 is 19.1 Å². The average Bonchev–Trinajstić information content (AvgIpc) is 2.92. The summed E-state index contributed by atoms with van der Waals surface area (Å²) in [4.78, 5) is 25.2. The first-order valence-electron chi connectivity index (χ1n) is 11.7. The van der Waals surface area contributed by atoms with Crippen molar-refractivity contribution in [3.63, 3.8) is 0 Å². The first-order valence-corrected chi connectivity index (χ1v) is 11.7. The van der Waals surface area contributed by atoms with Gasteiger partial charge >= 0.3 is 11.9 Å². The smallest absolute Gasteiger partial charge is 0.335 e. The van der Waals surface area contributed by atoms with E-state index < -0.39 is 11.9 Å². The first kappa shape index (κ1) is 25.2. The molecule has 0 saturated heterocycles. The minimum Gasteiger partial charge on any atom is -0.423 e. The monoisotopic (exact) mass is 489 g/mol. The van der Waals surface area contributed by atoms with Gasteiger partial charge in [-0.1, -0.05) is 43.5 Å². The van der Waals surface area contributed by atoms with Gasteiger partial charge in [0.25, 0.3) is 0 Å². The van der Waals surface area contributed by atoms with E-state index in [-0.39, 0.29) is 0 Å². The summed E-state index contributed by atoms with van der Waals surface area (Å²) in [5, 5.41) is 0. The van der Waals surface area contributed by atoms with Crippen molar-refractivity contribution >= 4 is 29.0 Å². The van der Waals surface area contributed by atoms with Crippen molar-refractivity contribution in [1.29, 1.82) is 0 Å². The summed E-state index contributed by atoms with van der Waals surface area (Å²) in [6.07, 6.45) is 2.25. The van der Waals surface area contributed by atoms with Crippen LogP contribution in [0.25, 0.3) is 11.1 Å². The Morgan fingerprint density at radius 1 is 0.595 bits per heavy atom. The average molecular weight is 490 g/mol. The molecule has 0 atom stereocenters. The van der Waals surface area contributed by atoms with Crippen molar-refractivity contribution in [2.75, 3.05) is 4.90 Å². The lowest BCUT2D eigenvalue weighted by molar-refractivity contribution is -0.129. The zero-order valence-corrected chi connectivity index (χ0v) is 20.8.